The number of carbonyl (C=O) groups excluding carboxylic acids is 1. The summed E-state index contributed by atoms with van der Waals surface area (Å²) in [5.74, 6) is 0.335. The maximum absolute atomic E-state index is 13.2. The van der Waals surface area contributed by atoms with Crippen LogP contribution in [0.4, 0.5) is 17.3 Å². The second kappa shape index (κ2) is 9.04. The minimum absolute atomic E-state index is 0.0909. The molecule has 2 saturated heterocycles. The van der Waals surface area contributed by atoms with Crippen molar-refractivity contribution in [1.29, 1.82) is 0 Å². The van der Waals surface area contributed by atoms with E-state index in [4.69, 9.17) is 4.74 Å². The summed E-state index contributed by atoms with van der Waals surface area (Å²) in [4.78, 5) is 36.6. The van der Waals surface area contributed by atoms with Crippen molar-refractivity contribution in [2.45, 2.75) is 18.9 Å². The van der Waals surface area contributed by atoms with Crippen LogP contribution < -0.4 is 15.1 Å². The number of nitro benzene ring substituents is 1. The number of non-ortho nitro benzene ring substituents is 1. The Bertz CT molecular complexity index is 903. The minimum atomic E-state index is -0.477. The van der Waals surface area contributed by atoms with Gasteiger partial charge in [-0.25, -0.2) is 9.97 Å². The van der Waals surface area contributed by atoms with Gasteiger partial charge >= 0.3 is 0 Å². The van der Waals surface area contributed by atoms with E-state index in [-0.39, 0.29) is 17.6 Å². The zero-order chi connectivity index (χ0) is 20.9. The number of ether oxygens (including phenoxy) is 1. The Kier molecular flexibility index (Phi) is 6.03. The van der Waals surface area contributed by atoms with Crippen molar-refractivity contribution in [3.63, 3.8) is 0 Å². The third-order valence-electron chi connectivity index (χ3n) is 5.38. The number of benzene rings is 1. The van der Waals surface area contributed by atoms with Gasteiger partial charge in [-0.2, -0.15) is 0 Å². The average Bonchev–Trinajstić information content (AvgIpc) is 2.80. The van der Waals surface area contributed by atoms with E-state index < -0.39 is 4.92 Å². The van der Waals surface area contributed by atoms with Crippen LogP contribution in [0.1, 0.15) is 23.2 Å². The molecule has 1 aromatic carbocycles. The minimum Gasteiger partial charge on any atom is -0.378 e. The average molecular weight is 412 g/mol. The van der Waals surface area contributed by atoms with E-state index >= 15 is 0 Å². The van der Waals surface area contributed by atoms with Crippen molar-refractivity contribution in [3.8, 4) is 0 Å². The Morgan fingerprint density at radius 2 is 1.93 bits per heavy atom. The first-order valence-corrected chi connectivity index (χ1v) is 10.1. The number of hydrogen-bond donors (Lipinski definition) is 1. The fourth-order valence-corrected chi connectivity index (χ4v) is 3.89. The fraction of sp³-hybridized carbons (Fsp3) is 0.450. The first-order chi connectivity index (χ1) is 14.6. The van der Waals surface area contributed by atoms with Crippen molar-refractivity contribution >= 4 is 23.2 Å². The Hall–Kier alpha value is -3.27. The molecule has 0 aliphatic carbocycles. The monoisotopic (exact) mass is 412 g/mol. The standard InChI is InChI=1S/C20H24N6O4/c27-19(23-15-3-1-8-25(14-15)20-21-6-2-7-22-20)17-13-16(26(28)29)4-5-18(17)24-9-11-30-12-10-24/h2,4-7,13,15H,1,3,8-12,14H2,(H,23,27). The molecule has 10 nitrogen and oxygen atoms in total. The SMILES string of the molecule is O=C(NC1CCCN(c2ncccn2)C1)c1cc([N+](=O)[O-])ccc1N1CCOCC1. The molecule has 0 bridgehead atoms. The summed E-state index contributed by atoms with van der Waals surface area (Å²) in [6.45, 7) is 3.82. The van der Waals surface area contributed by atoms with Crippen LogP contribution in [0, 0.1) is 10.1 Å². The van der Waals surface area contributed by atoms with Gasteiger partial charge in [-0.3, -0.25) is 14.9 Å². The lowest BCUT2D eigenvalue weighted by atomic mass is 10.0. The number of nitrogens with zero attached hydrogens (tertiary/aromatic N) is 5. The highest BCUT2D eigenvalue weighted by atomic mass is 16.6. The largest absolute Gasteiger partial charge is 0.378 e. The number of amides is 1. The number of piperidine rings is 1. The zero-order valence-electron chi connectivity index (χ0n) is 16.6. The third kappa shape index (κ3) is 4.48. The summed E-state index contributed by atoms with van der Waals surface area (Å²) < 4.78 is 5.39. The molecule has 10 heteroatoms. The first kappa shape index (κ1) is 20.0. The molecule has 1 atom stereocenters. The molecule has 2 aromatic rings. The normalized spacial score (nSPS) is 19.4. The number of hydrogen-bond acceptors (Lipinski definition) is 8. The Balaban J connectivity index is 1.53. The number of nitrogens with one attached hydrogen (secondary N) is 1. The van der Waals surface area contributed by atoms with Crippen LogP contribution >= 0.6 is 0 Å². The van der Waals surface area contributed by atoms with Crippen molar-refractivity contribution in [2.75, 3.05) is 49.2 Å². The molecule has 1 aromatic heterocycles. The highest BCUT2D eigenvalue weighted by molar-refractivity contribution is 6.00. The maximum atomic E-state index is 13.2. The van der Waals surface area contributed by atoms with E-state index in [2.05, 4.69) is 15.3 Å². The van der Waals surface area contributed by atoms with Crippen LogP contribution in [0.2, 0.25) is 0 Å². The van der Waals surface area contributed by atoms with Gasteiger partial charge < -0.3 is 19.9 Å². The van der Waals surface area contributed by atoms with E-state index in [0.717, 1.165) is 19.4 Å². The van der Waals surface area contributed by atoms with E-state index in [9.17, 15) is 14.9 Å². The van der Waals surface area contributed by atoms with Gasteiger partial charge in [0.25, 0.3) is 11.6 Å². The lowest BCUT2D eigenvalue weighted by Gasteiger charge is -2.34. The van der Waals surface area contributed by atoms with Gasteiger partial charge in [-0.15, -0.1) is 0 Å². The fourth-order valence-electron chi connectivity index (χ4n) is 3.89. The number of carbonyl (C=O) groups is 1. The molecule has 4 rings (SSSR count). The van der Waals surface area contributed by atoms with Gasteiger partial charge in [0.05, 0.1) is 29.4 Å². The molecule has 3 heterocycles. The van der Waals surface area contributed by atoms with Gasteiger partial charge in [0.1, 0.15) is 0 Å². The highest BCUT2D eigenvalue weighted by Gasteiger charge is 2.26. The summed E-state index contributed by atoms with van der Waals surface area (Å²) in [6.07, 6.45) is 5.12. The van der Waals surface area contributed by atoms with Gasteiger partial charge in [-0.1, -0.05) is 0 Å². The zero-order valence-corrected chi connectivity index (χ0v) is 16.6. The van der Waals surface area contributed by atoms with E-state index in [1.165, 1.54) is 12.1 Å². The van der Waals surface area contributed by atoms with Crippen molar-refractivity contribution < 1.29 is 14.5 Å². The molecule has 2 aliphatic heterocycles. The molecular weight excluding hydrogens is 388 g/mol. The number of rotatable bonds is 5. The molecule has 1 amide bonds. The summed E-state index contributed by atoms with van der Waals surface area (Å²) in [5.41, 5.74) is 0.916. The van der Waals surface area contributed by atoms with Crippen LogP contribution in [0.5, 0.6) is 0 Å². The van der Waals surface area contributed by atoms with E-state index in [1.807, 2.05) is 9.80 Å². The molecule has 0 saturated carbocycles. The van der Waals surface area contributed by atoms with Gasteiger partial charge in [0.2, 0.25) is 5.95 Å². The number of nitro groups is 1. The molecule has 158 valence electrons. The van der Waals surface area contributed by atoms with Crippen LogP contribution in [-0.2, 0) is 4.74 Å². The lowest BCUT2D eigenvalue weighted by molar-refractivity contribution is -0.384. The molecule has 0 spiro atoms. The molecule has 0 radical (unpaired) electrons. The maximum Gasteiger partial charge on any atom is 0.270 e. The van der Waals surface area contributed by atoms with Crippen molar-refractivity contribution in [3.05, 3.63) is 52.3 Å². The number of aromatic nitrogens is 2. The van der Waals surface area contributed by atoms with Gasteiger partial charge in [0.15, 0.2) is 0 Å². The lowest BCUT2D eigenvalue weighted by Crippen LogP contribution is -2.48. The molecule has 1 N–H and O–H groups in total. The molecular formula is C20H24N6O4. The smallest absolute Gasteiger partial charge is 0.270 e. The topological polar surface area (TPSA) is 114 Å². The molecule has 1 unspecified atom stereocenters. The predicted molar refractivity (Wildman–Crippen MR) is 111 cm³/mol. The molecule has 2 fully saturated rings. The van der Waals surface area contributed by atoms with Crippen molar-refractivity contribution in [1.82, 2.24) is 15.3 Å². The van der Waals surface area contributed by atoms with Crippen LogP contribution in [-0.4, -0.2) is 66.2 Å². The predicted octanol–water partition coefficient (Wildman–Crippen LogP) is 1.62. The van der Waals surface area contributed by atoms with Crippen LogP contribution in [0.15, 0.2) is 36.7 Å². The summed E-state index contributed by atoms with van der Waals surface area (Å²) in [6, 6.07) is 6.13. The summed E-state index contributed by atoms with van der Waals surface area (Å²) in [5, 5.41) is 14.3. The Labute approximate surface area is 174 Å². The molecule has 30 heavy (non-hydrogen) atoms. The Morgan fingerprint density at radius 1 is 1.17 bits per heavy atom. The summed E-state index contributed by atoms with van der Waals surface area (Å²) >= 11 is 0. The van der Waals surface area contributed by atoms with Gasteiger partial charge in [0, 0.05) is 56.7 Å². The first-order valence-electron chi connectivity index (χ1n) is 10.1. The van der Waals surface area contributed by atoms with Crippen LogP contribution in [0.25, 0.3) is 0 Å². The molecule has 2 aliphatic rings. The highest BCUT2D eigenvalue weighted by Crippen LogP contribution is 2.27. The van der Waals surface area contributed by atoms with E-state index in [1.54, 1.807) is 24.5 Å². The number of anilines is 2. The van der Waals surface area contributed by atoms with E-state index in [0.29, 0.717) is 50.0 Å². The van der Waals surface area contributed by atoms with Gasteiger partial charge in [-0.05, 0) is 25.0 Å². The summed E-state index contributed by atoms with van der Waals surface area (Å²) in [7, 11) is 0. The third-order valence-corrected chi connectivity index (χ3v) is 5.38. The van der Waals surface area contributed by atoms with Crippen molar-refractivity contribution in [2.24, 2.45) is 0 Å². The quantitative estimate of drug-likeness (QED) is 0.582. The Morgan fingerprint density at radius 3 is 2.67 bits per heavy atom. The second-order valence-electron chi connectivity index (χ2n) is 7.37. The number of morpholine rings is 1. The van der Waals surface area contributed by atoms with Crippen LogP contribution in [0.3, 0.4) is 0 Å². The second-order valence-corrected chi connectivity index (χ2v) is 7.37.